The van der Waals surface area contributed by atoms with Gasteiger partial charge in [0, 0.05) is 17.7 Å². The van der Waals surface area contributed by atoms with E-state index >= 15 is 0 Å². The molecule has 0 aliphatic heterocycles. The van der Waals surface area contributed by atoms with Crippen LogP contribution in [-0.4, -0.2) is 5.78 Å². The number of ketones is 1. The second-order valence-corrected chi connectivity index (χ2v) is 3.97. The number of pyridine rings is 1. The summed E-state index contributed by atoms with van der Waals surface area (Å²) in [5, 5.41) is 11.6. The van der Waals surface area contributed by atoms with Crippen molar-refractivity contribution in [1.82, 2.24) is 0 Å². The summed E-state index contributed by atoms with van der Waals surface area (Å²) in [4.78, 5) is 11.9. The molecule has 0 bridgehead atoms. The van der Waals surface area contributed by atoms with Crippen molar-refractivity contribution in [2.75, 3.05) is 0 Å². The molecule has 4 heteroatoms. The van der Waals surface area contributed by atoms with Gasteiger partial charge in [-0.05, 0) is 6.92 Å². The van der Waals surface area contributed by atoms with Gasteiger partial charge >= 0.3 is 0 Å². The predicted octanol–water partition coefficient (Wildman–Crippen LogP) is 1.86. The molecule has 0 saturated heterocycles. The lowest BCUT2D eigenvalue weighted by Crippen LogP contribution is -2.37. The van der Waals surface area contributed by atoms with Crippen LogP contribution in [0.4, 0.5) is 0 Å². The molecule has 0 fully saturated rings. The fourth-order valence-electron chi connectivity index (χ4n) is 1.65. The predicted molar refractivity (Wildman–Crippen MR) is 77.0 cm³/mol. The number of benzene rings is 1. The Morgan fingerprint density at radius 2 is 1.89 bits per heavy atom. The largest absolute Gasteiger partial charge is 0.872 e. The van der Waals surface area contributed by atoms with Gasteiger partial charge in [0.1, 0.15) is 0 Å². The van der Waals surface area contributed by atoms with Crippen LogP contribution in [0.3, 0.4) is 0 Å². The number of Topliss-reactive ketones (excluding diaryl/α,β-unsaturated/α-hetero) is 1. The molecule has 1 heterocycles. The van der Waals surface area contributed by atoms with Crippen molar-refractivity contribution in [2.24, 2.45) is 0 Å². The van der Waals surface area contributed by atoms with Gasteiger partial charge in [-0.25, -0.2) is 0 Å². The van der Waals surface area contributed by atoms with Crippen molar-refractivity contribution >= 4 is 29.8 Å². The average molecular weight is 355 g/mol. The molecule has 18 heavy (non-hydrogen) atoms. The number of aromatic nitrogens is 1. The van der Waals surface area contributed by atoms with Crippen LogP contribution in [0.15, 0.2) is 48.8 Å². The van der Waals surface area contributed by atoms with Gasteiger partial charge in [0.25, 0.3) is 0 Å². The highest BCUT2D eigenvalue weighted by Crippen LogP contribution is 2.15. The summed E-state index contributed by atoms with van der Waals surface area (Å²) in [6, 6.07) is 10.4. The molecule has 2 aromatic rings. The van der Waals surface area contributed by atoms with E-state index < -0.39 is 0 Å². The molecule has 1 aromatic carbocycles. The molecule has 0 amide bonds. The Morgan fingerprint density at radius 3 is 2.50 bits per heavy atom. The molecular formula is C14H14INO2. The molecule has 94 valence electrons. The van der Waals surface area contributed by atoms with Gasteiger partial charge in [-0.15, -0.1) is 24.0 Å². The number of nitrogens with zero attached hydrogens (tertiary/aromatic N) is 1. The summed E-state index contributed by atoms with van der Waals surface area (Å²) in [7, 11) is 0. The lowest BCUT2D eigenvalue weighted by Gasteiger charge is -2.11. The zero-order valence-corrected chi connectivity index (χ0v) is 12.3. The average Bonchev–Trinajstić information content (AvgIpc) is 2.30. The van der Waals surface area contributed by atoms with Gasteiger partial charge in [-0.1, -0.05) is 35.6 Å². The van der Waals surface area contributed by atoms with Crippen LogP contribution in [0.1, 0.15) is 15.9 Å². The Balaban J connectivity index is 0.00000162. The van der Waals surface area contributed by atoms with Crippen molar-refractivity contribution < 1.29 is 14.5 Å². The van der Waals surface area contributed by atoms with E-state index in [9.17, 15) is 9.90 Å². The Bertz CT molecular complexity index is 541. The van der Waals surface area contributed by atoms with E-state index in [1.165, 1.54) is 6.07 Å². The van der Waals surface area contributed by atoms with Crippen molar-refractivity contribution in [2.45, 2.75) is 13.5 Å². The SMILES string of the molecule is Cc1ccc(C(=O)C[n+]2ccccc2)c([O-])c1.I. The molecule has 1 aromatic heterocycles. The molecule has 0 atom stereocenters. The van der Waals surface area contributed by atoms with Gasteiger partial charge in [0.15, 0.2) is 12.4 Å². The minimum absolute atomic E-state index is 0. The van der Waals surface area contributed by atoms with E-state index in [4.69, 9.17) is 0 Å². The number of hydrogen-bond acceptors (Lipinski definition) is 2. The first-order chi connectivity index (χ1) is 8.16. The summed E-state index contributed by atoms with van der Waals surface area (Å²) in [6.07, 6.45) is 3.60. The standard InChI is InChI=1S/C14H13NO2.HI/c1-11-5-6-12(13(16)9-11)14(17)10-15-7-3-2-4-8-15;/h2-9H,10H2,1H3;1H. The smallest absolute Gasteiger partial charge is 0.226 e. The summed E-state index contributed by atoms with van der Waals surface area (Å²) >= 11 is 0. The minimum atomic E-state index is -0.202. The van der Waals surface area contributed by atoms with E-state index in [0.717, 1.165) is 5.56 Å². The molecule has 3 nitrogen and oxygen atoms in total. The first kappa shape index (κ1) is 14.6. The number of rotatable bonds is 3. The number of halogens is 1. The minimum Gasteiger partial charge on any atom is -0.872 e. The van der Waals surface area contributed by atoms with Gasteiger partial charge in [-0.2, -0.15) is 4.57 Å². The number of hydrogen-bond donors (Lipinski definition) is 0. The Hall–Kier alpha value is -1.43. The van der Waals surface area contributed by atoms with Crippen LogP contribution >= 0.6 is 24.0 Å². The molecule has 0 aliphatic rings. The van der Waals surface area contributed by atoms with Gasteiger partial charge < -0.3 is 5.11 Å². The van der Waals surface area contributed by atoms with E-state index in [2.05, 4.69) is 0 Å². The third-order valence-electron chi connectivity index (χ3n) is 2.54. The maximum absolute atomic E-state index is 11.9. The fraction of sp³-hybridized carbons (Fsp3) is 0.143. The number of carbonyl (C=O) groups excluding carboxylic acids is 1. The van der Waals surface area contributed by atoms with Gasteiger partial charge in [0.2, 0.25) is 12.3 Å². The molecule has 0 saturated carbocycles. The van der Waals surface area contributed by atoms with Crippen LogP contribution in [0.25, 0.3) is 0 Å². The Labute approximate surface area is 123 Å². The van der Waals surface area contributed by atoms with E-state index in [1.54, 1.807) is 29.1 Å². The van der Waals surface area contributed by atoms with E-state index in [-0.39, 0.29) is 47.6 Å². The lowest BCUT2D eigenvalue weighted by molar-refractivity contribution is -0.683. The molecule has 0 N–H and O–H groups in total. The van der Waals surface area contributed by atoms with Crippen molar-refractivity contribution in [3.8, 4) is 5.75 Å². The number of aryl methyl sites for hydroxylation is 1. The van der Waals surface area contributed by atoms with Crippen LogP contribution in [0.5, 0.6) is 5.75 Å². The molecule has 0 radical (unpaired) electrons. The van der Waals surface area contributed by atoms with E-state index in [1.807, 2.05) is 25.1 Å². The second kappa shape index (κ2) is 6.49. The molecular weight excluding hydrogens is 341 g/mol. The third-order valence-corrected chi connectivity index (χ3v) is 2.54. The maximum atomic E-state index is 11.9. The van der Waals surface area contributed by atoms with Crippen LogP contribution in [-0.2, 0) is 6.54 Å². The molecule has 2 rings (SSSR count). The van der Waals surface area contributed by atoms with Crippen LogP contribution in [0, 0.1) is 6.92 Å². The van der Waals surface area contributed by atoms with Crippen LogP contribution < -0.4 is 9.67 Å². The van der Waals surface area contributed by atoms with Gasteiger partial charge in [-0.3, -0.25) is 4.79 Å². The highest BCUT2D eigenvalue weighted by Gasteiger charge is 2.11. The highest BCUT2D eigenvalue weighted by atomic mass is 127. The first-order valence-electron chi connectivity index (χ1n) is 5.42. The van der Waals surface area contributed by atoms with Crippen molar-refractivity contribution in [1.29, 1.82) is 0 Å². The highest BCUT2D eigenvalue weighted by molar-refractivity contribution is 14.0. The summed E-state index contributed by atoms with van der Waals surface area (Å²) in [6.45, 7) is 2.03. The zero-order chi connectivity index (χ0) is 12.3. The summed E-state index contributed by atoms with van der Waals surface area (Å²) < 4.78 is 1.75. The molecule has 0 unspecified atom stereocenters. The normalized spacial score (nSPS) is 9.61. The quantitative estimate of drug-likeness (QED) is 0.479. The Morgan fingerprint density at radius 1 is 1.22 bits per heavy atom. The summed E-state index contributed by atoms with van der Waals surface area (Å²) in [5.74, 6) is -0.363. The van der Waals surface area contributed by atoms with Crippen molar-refractivity contribution in [3.63, 3.8) is 0 Å². The fourth-order valence-corrected chi connectivity index (χ4v) is 1.65. The lowest BCUT2D eigenvalue weighted by atomic mass is 10.1. The topological polar surface area (TPSA) is 44.0 Å². The maximum Gasteiger partial charge on any atom is 0.226 e. The van der Waals surface area contributed by atoms with Crippen molar-refractivity contribution in [3.05, 3.63) is 59.9 Å². The Kier molecular flexibility index (Phi) is 5.27. The third kappa shape index (κ3) is 3.53. The van der Waals surface area contributed by atoms with E-state index in [0.29, 0.717) is 0 Å². The molecule has 0 aliphatic carbocycles. The molecule has 0 spiro atoms. The van der Waals surface area contributed by atoms with Crippen LogP contribution in [0.2, 0.25) is 0 Å². The zero-order valence-electron chi connectivity index (χ0n) is 10.00. The number of carbonyl (C=O) groups is 1. The first-order valence-corrected chi connectivity index (χ1v) is 5.42. The van der Waals surface area contributed by atoms with Gasteiger partial charge in [0.05, 0.1) is 0 Å². The second-order valence-electron chi connectivity index (χ2n) is 3.97. The summed E-state index contributed by atoms with van der Waals surface area (Å²) in [5.41, 5.74) is 1.13. The monoisotopic (exact) mass is 355 g/mol.